The third-order valence-corrected chi connectivity index (χ3v) is 4.31. The van der Waals surface area contributed by atoms with Crippen molar-refractivity contribution in [1.29, 1.82) is 0 Å². The number of carbonyl (C=O) groups is 1. The van der Waals surface area contributed by atoms with Gasteiger partial charge in [0.05, 0.1) is 13.2 Å². The molecule has 1 heterocycles. The summed E-state index contributed by atoms with van der Waals surface area (Å²) in [4.78, 5) is 14.2. The molecule has 2 rings (SSSR count). The van der Waals surface area contributed by atoms with Crippen molar-refractivity contribution in [1.82, 2.24) is 10.2 Å². The molecule has 1 saturated heterocycles. The first-order chi connectivity index (χ1) is 9.94. The Labute approximate surface area is 128 Å². The van der Waals surface area contributed by atoms with Crippen molar-refractivity contribution in [2.45, 2.75) is 58.1 Å². The fraction of sp³-hybridized carbons (Fsp3) is 0.938. The molecule has 0 spiro atoms. The van der Waals surface area contributed by atoms with Crippen LogP contribution < -0.4 is 5.32 Å². The summed E-state index contributed by atoms with van der Waals surface area (Å²) in [5, 5.41) is 2.91. The minimum Gasteiger partial charge on any atom is -0.444 e. The highest BCUT2D eigenvalue weighted by Crippen LogP contribution is 2.27. The topological polar surface area (TPSA) is 50.8 Å². The molecule has 0 aromatic carbocycles. The Kier molecular flexibility index (Phi) is 5.88. The van der Waals surface area contributed by atoms with Crippen molar-refractivity contribution in [3.05, 3.63) is 0 Å². The van der Waals surface area contributed by atoms with E-state index in [0.717, 1.165) is 32.8 Å². The Morgan fingerprint density at radius 2 is 1.81 bits per heavy atom. The number of hydrogen-bond donors (Lipinski definition) is 1. The molecule has 2 aliphatic rings. The van der Waals surface area contributed by atoms with Crippen LogP contribution in [-0.4, -0.2) is 55.5 Å². The van der Waals surface area contributed by atoms with E-state index in [0.29, 0.717) is 12.0 Å². The van der Waals surface area contributed by atoms with Gasteiger partial charge in [-0.25, -0.2) is 4.79 Å². The minimum absolute atomic E-state index is 0.294. The van der Waals surface area contributed by atoms with Gasteiger partial charge in [0.15, 0.2) is 0 Å². The van der Waals surface area contributed by atoms with Gasteiger partial charge in [0.1, 0.15) is 5.60 Å². The van der Waals surface area contributed by atoms with Crippen LogP contribution in [0.25, 0.3) is 0 Å². The summed E-state index contributed by atoms with van der Waals surface area (Å²) in [5.74, 6) is 0.592. The van der Waals surface area contributed by atoms with Crippen LogP contribution in [0.4, 0.5) is 4.79 Å². The average Bonchev–Trinajstić information content (AvgIpc) is 2.45. The summed E-state index contributed by atoms with van der Waals surface area (Å²) in [6.07, 6.45) is 4.56. The molecule has 0 atom stereocenters. The number of hydrogen-bond acceptors (Lipinski definition) is 4. The first kappa shape index (κ1) is 16.6. The van der Waals surface area contributed by atoms with Crippen LogP contribution in [-0.2, 0) is 9.47 Å². The second kappa shape index (κ2) is 7.45. The maximum absolute atomic E-state index is 11.7. The number of nitrogens with zero attached hydrogens (tertiary/aromatic N) is 1. The maximum Gasteiger partial charge on any atom is 0.407 e. The van der Waals surface area contributed by atoms with Crippen LogP contribution in [0, 0.1) is 5.92 Å². The second-order valence-corrected chi connectivity index (χ2v) is 7.21. The third kappa shape index (κ3) is 5.83. The largest absolute Gasteiger partial charge is 0.444 e. The summed E-state index contributed by atoms with van der Waals surface area (Å²) in [6, 6.07) is 0.715. The van der Waals surface area contributed by atoms with Crippen LogP contribution in [0.2, 0.25) is 0 Å². The smallest absolute Gasteiger partial charge is 0.407 e. The van der Waals surface area contributed by atoms with Gasteiger partial charge in [-0.15, -0.1) is 0 Å². The molecular weight excluding hydrogens is 268 g/mol. The van der Waals surface area contributed by atoms with E-state index in [2.05, 4.69) is 10.2 Å². The first-order valence-corrected chi connectivity index (χ1v) is 8.23. The molecule has 122 valence electrons. The van der Waals surface area contributed by atoms with Gasteiger partial charge >= 0.3 is 6.09 Å². The third-order valence-electron chi connectivity index (χ3n) is 4.31. The van der Waals surface area contributed by atoms with E-state index >= 15 is 0 Å². The van der Waals surface area contributed by atoms with E-state index in [1.165, 1.54) is 25.7 Å². The molecule has 0 aromatic heterocycles. The Bertz CT molecular complexity index is 327. The lowest BCUT2D eigenvalue weighted by Crippen LogP contribution is -2.45. The highest BCUT2D eigenvalue weighted by Gasteiger charge is 2.27. The van der Waals surface area contributed by atoms with Crippen molar-refractivity contribution in [2.24, 2.45) is 5.92 Å². The van der Waals surface area contributed by atoms with E-state index in [9.17, 15) is 4.79 Å². The van der Waals surface area contributed by atoms with Gasteiger partial charge < -0.3 is 14.8 Å². The molecule has 0 unspecified atom stereocenters. The predicted molar refractivity (Wildman–Crippen MR) is 82.4 cm³/mol. The fourth-order valence-electron chi connectivity index (χ4n) is 3.20. The molecule has 21 heavy (non-hydrogen) atoms. The highest BCUT2D eigenvalue weighted by molar-refractivity contribution is 5.67. The van der Waals surface area contributed by atoms with Gasteiger partial charge in [0.2, 0.25) is 0 Å². The van der Waals surface area contributed by atoms with Crippen molar-refractivity contribution < 1.29 is 14.3 Å². The van der Waals surface area contributed by atoms with Crippen LogP contribution in [0.3, 0.4) is 0 Å². The SMILES string of the molecule is CC(C)(C)OC(=O)NCC1CCC(N2CCOCC2)CC1. The molecular formula is C16H30N2O3. The molecule has 1 saturated carbocycles. The average molecular weight is 298 g/mol. The first-order valence-electron chi connectivity index (χ1n) is 8.23. The molecule has 1 amide bonds. The highest BCUT2D eigenvalue weighted by atomic mass is 16.6. The van der Waals surface area contributed by atoms with Crippen LogP contribution in [0.1, 0.15) is 46.5 Å². The zero-order chi connectivity index (χ0) is 15.3. The van der Waals surface area contributed by atoms with Crippen LogP contribution in [0.15, 0.2) is 0 Å². The molecule has 0 bridgehead atoms. The number of nitrogens with one attached hydrogen (secondary N) is 1. The van der Waals surface area contributed by atoms with Gasteiger partial charge in [-0.05, 0) is 52.4 Å². The standard InChI is InChI=1S/C16H30N2O3/c1-16(2,3)21-15(19)17-12-13-4-6-14(7-5-13)18-8-10-20-11-9-18/h13-14H,4-12H2,1-3H3,(H,17,19). The summed E-state index contributed by atoms with van der Waals surface area (Å²) < 4.78 is 10.7. The Morgan fingerprint density at radius 3 is 2.38 bits per heavy atom. The van der Waals surface area contributed by atoms with E-state index in [4.69, 9.17) is 9.47 Å². The number of morpholine rings is 1. The van der Waals surface area contributed by atoms with Crippen molar-refractivity contribution in [3.8, 4) is 0 Å². The summed E-state index contributed by atoms with van der Waals surface area (Å²) in [5.41, 5.74) is -0.419. The Hall–Kier alpha value is -0.810. The predicted octanol–water partition coefficient (Wildman–Crippen LogP) is 2.40. The van der Waals surface area contributed by atoms with Gasteiger partial charge in [-0.2, -0.15) is 0 Å². The van der Waals surface area contributed by atoms with Crippen molar-refractivity contribution in [2.75, 3.05) is 32.8 Å². The molecule has 0 radical (unpaired) electrons. The zero-order valence-electron chi connectivity index (χ0n) is 13.7. The Balaban J connectivity index is 1.63. The lowest BCUT2D eigenvalue weighted by Gasteiger charge is -2.38. The molecule has 2 fully saturated rings. The summed E-state index contributed by atoms with van der Waals surface area (Å²) >= 11 is 0. The zero-order valence-corrected chi connectivity index (χ0v) is 13.7. The monoisotopic (exact) mass is 298 g/mol. The van der Waals surface area contributed by atoms with E-state index in [1.54, 1.807) is 0 Å². The van der Waals surface area contributed by atoms with Gasteiger partial charge in [-0.1, -0.05) is 0 Å². The van der Waals surface area contributed by atoms with Gasteiger partial charge in [-0.3, -0.25) is 4.90 Å². The summed E-state index contributed by atoms with van der Waals surface area (Å²) in [6.45, 7) is 10.3. The van der Waals surface area contributed by atoms with E-state index < -0.39 is 5.60 Å². The molecule has 1 aliphatic heterocycles. The number of alkyl carbamates (subject to hydrolysis) is 1. The number of ether oxygens (including phenoxy) is 2. The second-order valence-electron chi connectivity index (χ2n) is 7.21. The number of rotatable bonds is 3. The number of carbonyl (C=O) groups excluding carboxylic acids is 1. The number of amides is 1. The lowest BCUT2D eigenvalue weighted by atomic mass is 9.85. The van der Waals surface area contributed by atoms with Crippen molar-refractivity contribution >= 4 is 6.09 Å². The normalized spacial score (nSPS) is 28.1. The van der Waals surface area contributed by atoms with Crippen LogP contribution in [0.5, 0.6) is 0 Å². The molecule has 5 heteroatoms. The molecule has 1 N–H and O–H groups in total. The lowest BCUT2D eigenvalue weighted by molar-refractivity contribution is 0.00467. The molecule has 5 nitrogen and oxygen atoms in total. The maximum atomic E-state index is 11.7. The minimum atomic E-state index is -0.419. The van der Waals surface area contributed by atoms with Crippen LogP contribution >= 0.6 is 0 Å². The van der Waals surface area contributed by atoms with E-state index in [1.807, 2.05) is 20.8 Å². The van der Waals surface area contributed by atoms with Crippen molar-refractivity contribution in [3.63, 3.8) is 0 Å². The summed E-state index contributed by atoms with van der Waals surface area (Å²) in [7, 11) is 0. The van der Waals surface area contributed by atoms with Gasteiger partial charge in [0, 0.05) is 25.7 Å². The fourth-order valence-corrected chi connectivity index (χ4v) is 3.20. The van der Waals surface area contributed by atoms with E-state index in [-0.39, 0.29) is 6.09 Å². The Morgan fingerprint density at radius 1 is 1.19 bits per heavy atom. The molecule has 1 aliphatic carbocycles. The molecule has 0 aromatic rings. The van der Waals surface area contributed by atoms with Gasteiger partial charge in [0.25, 0.3) is 0 Å². The quantitative estimate of drug-likeness (QED) is 0.869.